The van der Waals surface area contributed by atoms with E-state index in [4.69, 9.17) is 4.74 Å². The molecule has 3 nitrogen and oxygen atoms in total. The van der Waals surface area contributed by atoms with Gasteiger partial charge in [0.25, 0.3) is 5.91 Å². The number of benzene rings is 1. The molecule has 0 fully saturated rings. The molecule has 0 saturated heterocycles. The lowest BCUT2D eigenvalue weighted by atomic mass is 10.2. The van der Waals surface area contributed by atoms with Crippen molar-refractivity contribution in [1.82, 2.24) is 5.32 Å². The molecule has 1 rings (SSSR count). The maximum Gasteiger partial charge on any atom is 0.252 e. The Labute approximate surface area is 114 Å². The first kappa shape index (κ1) is 15.1. The first-order valence-corrected chi connectivity index (χ1v) is 6.73. The van der Waals surface area contributed by atoms with Crippen molar-refractivity contribution >= 4 is 18.5 Å². The van der Waals surface area contributed by atoms with Crippen molar-refractivity contribution < 1.29 is 9.53 Å². The highest BCUT2D eigenvalue weighted by Gasteiger charge is 2.07. The van der Waals surface area contributed by atoms with Crippen LogP contribution in [-0.2, 0) is 4.74 Å². The Hall–Kier alpha value is -1.00. The quantitative estimate of drug-likeness (QED) is 0.589. The molecule has 0 saturated carbocycles. The van der Waals surface area contributed by atoms with Crippen molar-refractivity contribution in [3.8, 4) is 0 Å². The van der Waals surface area contributed by atoms with Crippen LogP contribution in [0.4, 0.5) is 0 Å². The minimum absolute atomic E-state index is 0.0645. The van der Waals surface area contributed by atoms with Crippen molar-refractivity contribution in [2.45, 2.75) is 37.7 Å². The third kappa shape index (κ3) is 5.56. The predicted molar refractivity (Wildman–Crippen MR) is 76.3 cm³/mol. The van der Waals surface area contributed by atoms with Crippen molar-refractivity contribution in [3.05, 3.63) is 29.8 Å². The van der Waals surface area contributed by atoms with Crippen LogP contribution in [0.5, 0.6) is 0 Å². The van der Waals surface area contributed by atoms with Crippen LogP contribution in [0.3, 0.4) is 0 Å². The number of hydrogen-bond donors (Lipinski definition) is 2. The smallest absolute Gasteiger partial charge is 0.252 e. The van der Waals surface area contributed by atoms with E-state index in [1.54, 1.807) is 6.07 Å². The van der Waals surface area contributed by atoms with E-state index in [1.807, 2.05) is 32.0 Å². The molecule has 0 bridgehead atoms. The van der Waals surface area contributed by atoms with Gasteiger partial charge in [-0.15, -0.1) is 12.6 Å². The van der Waals surface area contributed by atoms with Gasteiger partial charge in [0.05, 0.1) is 11.7 Å². The van der Waals surface area contributed by atoms with E-state index in [-0.39, 0.29) is 12.0 Å². The van der Waals surface area contributed by atoms with Crippen molar-refractivity contribution in [2.75, 3.05) is 13.2 Å². The van der Waals surface area contributed by atoms with Gasteiger partial charge in [-0.1, -0.05) is 12.1 Å². The monoisotopic (exact) mass is 267 g/mol. The van der Waals surface area contributed by atoms with Gasteiger partial charge in [0.15, 0.2) is 0 Å². The molecule has 0 heterocycles. The Morgan fingerprint density at radius 2 is 2.06 bits per heavy atom. The normalized spacial score (nSPS) is 10.7. The molecule has 0 radical (unpaired) electrons. The molecule has 0 spiro atoms. The average Bonchev–Trinajstić information content (AvgIpc) is 2.33. The molecule has 4 heteroatoms. The Morgan fingerprint density at radius 3 is 2.72 bits per heavy atom. The zero-order chi connectivity index (χ0) is 13.4. The topological polar surface area (TPSA) is 38.3 Å². The molecule has 0 aliphatic rings. The fourth-order valence-corrected chi connectivity index (χ4v) is 1.77. The molecule has 1 aromatic carbocycles. The summed E-state index contributed by atoms with van der Waals surface area (Å²) in [7, 11) is 0. The van der Waals surface area contributed by atoms with E-state index in [1.165, 1.54) is 0 Å². The highest BCUT2D eigenvalue weighted by atomic mass is 32.1. The van der Waals surface area contributed by atoms with Gasteiger partial charge in [-0.3, -0.25) is 4.79 Å². The number of nitrogens with one attached hydrogen (secondary N) is 1. The van der Waals surface area contributed by atoms with Gasteiger partial charge in [-0.05, 0) is 38.8 Å². The number of ether oxygens (including phenoxy) is 1. The standard InChI is InChI=1S/C14H21NO2S/c1-11(2)17-10-6-5-9-15-14(16)12-7-3-4-8-13(12)18/h3-4,7-8,11,18H,5-6,9-10H2,1-2H3,(H,15,16). The summed E-state index contributed by atoms with van der Waals surface area (Å²) in [4.78, 5) is 12.5. The Kier molecular flexibility index (Phi) is 6.83. The summed E-state index contributed by atoms with van der Waals surface area (Å²) in [6, 6.07) is 7.29. The Morgan fingerprint density at radius 1 is 1.33 bits per heavy atom. The molecular formula is C14H21NO2S. The third-order valence-corrected chi connectivity index (χ3v) is 2.85. The molecule has 0 aromatic heterocycles. The van der Waals surface area contributed by atoms with Crippen molar-refractivity contribution in [2.24, 2.45) is 0 Å². The number of carbonyl (C=O) groups is 1. The average molecular weight is 267 g/mol. The second kappa shape index (κ2) is 8.16. The summed E-state index contributed by atoms with van der Waals surface area (Å²) in [6.45, 7) is 5.45. The largest absolute Gasteiger partial charge is 0.379 e. The Bertz CT molecular complexity index is 380. The van der Waals surface area contributed by atoms with E-state index in [0.29, 0.717) is 17.0 Å². The van der Waals surface area contributed by atoms with E-state index in [0.717, 1.165) is 19.4 Å². The summed E-state index contributed by atoms with van der Waals surface area (Å²) in [5.41, 5.74) is 0.624. The maximum atomic E-state index is 11.8. The lowest BCUT2D eigenvalue weighted by molar-refractivity contribution is 0.0754. The minimum atomic E-state index is -0.0645. The van der Waals surface area contributed by atoms with Crippen LogP contribution in [0.25, 0.3) is 0 Å². The van der Waals surface area contributed by atoms with Crippen LogP contribution in [0.1, 0.15) is 37.0 Å². The molecule has 0 aliphatic carbocycles. The van der Waals surface area contributed by atoms with Crippen LogP contribution >= 0.6 is 12.6 Å². The van der Waals surface area contributed by atoms with Crippen molar-refractivity contribution in [3.63, 3.8) is 0 Å². The second-order valence-electron chi connectivity index (χ2n) is 4.40. The molecule has 100 valence electrons. The molecule has 1 N–H and O–H groups in total. The number of carbonyl (C=O) groups excluding carboxylic acids is 1. The molecule has 18 heavy (non-hydrogen) atoms. The van der Waals surface area contributed by atoms with Crippen LogP contribution < -0.4 is 5.32 Å². The van der Waals surface area contributed by atoms with Crippen LogP contribution in [0.2, 0.25) is 0 Å². The highest BCUT2D eigenvalue weighted by Crippen LogP contribution is 2.12. The summed E-state index contributed by atoms with van der Waals surface area (Å²) >= 11 is 4.26. The van der Waals surface area contributed by atoms with Gasteiger partial charge in [0, 0.05) is 18.0 Å². The SMILES string of the molecule is CC(C)OCCCCNC(=O)c1ccccc1S. The van der Waals surface area contributed by atoms with Crippen LogP contribution in [0.15, 0.2) is 29.2 Å². The van der Waals surface area contributed by atoms with E-state index in [9.17, 15) is 4.79 Å². The summed E-state index contributed by atoms with van der Waals surface area (Å²) < 4.78 is 5.43. The van der Waals surface area contributed by atoms with E-state index in [2.05, 4.69) is 17.9 Å². The van der Waals surface area contributed by atoms with Gasteiger partial charge in [0.2, 0.25) is 0 Å². The first-order valence-electron chi connectivity index (χ1n) is 6.29. The highest BCUT2D eigenvalue weighted by molar-refractivity contribution is 7.80. The van der Waals surface area contributed by atoms with Crippen molar-refractivity contribution in [1.29, 1.82) is 0 Å². The summed E-state index contributed by atoms with van der Waals surface area (Å²) in [5.74, 6) is -0.0645. The van der Waals surface area contributed by atoms with Gasteiger partial charge in [0.1, 0.15) is 0 Å². The molecular weight excluding hydrogens is 246 g/mol. The summed E-state index contributed by atoms with van der Waals surface area (Å²) in [5, 5.41) is 2.88. The molecule has 0 unspecified atom stereocenters. The number of thiol groups is 1. The number of amides is 1. The van der Waals surface area contributed by atoms with Gasteiger partial charge < -0.3 is 10.1 Å². The zero-order valence-electron chi connectivity index (χ0n) is 11.0. The lowest BCUT2D eigenvalue weighted by Gasteiger charge is -2.08. The molecule has 0 atom stereocenters. The van der Waals surface area contributed by atoms with Gasteiger partial charge in [-0.25, -0.2) is 0 Å². The fourth-order valence-electron chi connectivity index (χ4n) is 1.51. The van der Waals surface area contributed by atoms with Crippen LogP contribution in [-0.4, -0.2) is 25.2 Å². The first-order chi connectivity index (χ1) is 8.61. The number of rotatable bonds is 7. The van der Waals surface area contributed by atoms with E-state index < -0.39 is 0 Å². The molecule has 1 aromatic rings. The molecule has 1 amide bonds. The molecule has 0 aliphatic heterocycles. The second-order valence-corrected chi connectivity index (χ2v) is 4.88. The predicted octanol–water partition coefficient (Wildman–Crippen LogP) is 2.91. The third-order valence-electron chi connectivity index (χ3n) is 2.46. The fraction of sp³-hybridized carbons (Fsp3) is 0.500. The number of hydrogen-bond acceptors (Lipinski definition) is 3. The maximum absolute atomic E-state index is 11.8. The summed E-state index contributed by atoms with van der Waals surface area (Å²) in [6.07, 6.45) is 2.16. The van der Waals surface area contributed by atoms with Gasteiger partial charge in [-0.2, -0.15) is 0 Å². The Balaban J connectivity index is 2.20. The van der Waals surface area contributed by atoms with Crippen LogP contribution in [0, 0.1) is 0 Å². The lowest BCUT2D eigenvalue weighted by Crippen LogP contribution is -2.25. The zero-order valence-corrected chi connectivity index (χ0v) is 11.9. The minimum Gasteiger partial charge on any atom is -0.379 e. The number of unbranched alkanes of at least 4 members (excludes halogenated alkanes) is 1. The van der Waals surface area contributed by atoms with E-state index >= 15 is 0 Å². The van der Waals surface area contributed by atoms with Gasteiger partial charge >= 0.3 is 0 Å².